The van der Waals surface area contributed by atoms with E-state index in [2.05, 4.69) is 25.2 Å². The molecule has 0 spiro atoms. The van der Waals surface area contributed by atoms with E-state index in [9.17, 15) is 0 Å². The quantitative estimate of drug-likeness (QED) is 0.462. The van der Waals surface area contributed by atoms with Crippen molar-refractivity contribution < 1.29 is 4.89 Å². The third-order valence-electron chi connectivity index (χ3n) is 1.59. The molecule has 0 radical (unpaired) electrons. The van der Waals surface area contributed by atoms with Crippen LogP contribution in [0.25, 0.3) is 0 Å². The van der Waals surface area contributed by atoms with Gasteiger partial charge in [-0.3, -0.25) is 0 Å². The first-order chi connectivity index (χ1) is 4.70. The van der Waals surface area contributed by atoms with Gasteiger partial charge >= 0.3 is 0 Å². The van der Waals surface area contributed by atoms with E-state index in [-0.39, 0.29) is 0 Å². The second kappa shape index (κ2) is 3.56. The third-order valence-corrected chi connectivity index (χ3v) is 3.25. The minimum absolute atomic E-state index is 0.980. The predicted molar refractivity (Wildman–Crippen MR) is 49.2 cm³/mol. The Balaban J connectivity index is 2.64. The van der Waals surface area contributed by atoms with E-state index in [0.717, 1.165) is 18.2 Å². The fraction of sp³-hybridized carbons (Fsp3) is 0.429. The van der Waals surface area contributed by atoms with Crippen LogP contribution < -0.4 is 0 Å². The lowest BCUT2D eigenvalue weighted by Gasteiger charge is -2.12. The molecule has 0 saturated heterocycles. The van der Waals surface area contributed by atoms with E-state index in [0.29, 0.717) is 0 Å². The Bertz CT molecular complexity index is 184. The monoisotopic (exact) mass is 174 g/mol. The van der Waals surface area contributed by atoms with E-state index in [1.807, 2.05) is 6.08 Å². The highest BCUT2D eigenvalue weighted by Gasteiger charge is 2.08. The molecule has 1 N–H and O–H groups in total. The summed E-state index contributed by atoms with van der Waals surface area (Å²) >= 11 is 3.99. The molecule has 0 amide bonds. The Labute approximate surface area is 67.8 Å². The third kappa shape index (κ3) is 2.12. The summed E-state index contributed by atoms with van der Waals surface area (Å²) in [5.41, 5.74) is 1.38. The molecule has 1 aliphatic carbocycles. The van der Waals surface area contributed by atoms with Crippen molar-refractivity contribution >= 4 is 19.6 Å². The topological polar surface area (TPSA) is 20.2 Å². The molecule has 0 bridgehead atoms. The molecule has 1 unspecified atom stereocenters. The molecule has 0 fully saturated rings. The molecule has 1 aliphatic rings. The number of rotatable bonds is 1. The molecule has 10 heavy (non-hydrogen) atoms. The van der Waals surface area contributed by atoms with Gasteiger partial charge in [0.05, 0.1) is 0 Å². The maximum absolute atomic E-state index is 9.09. The van der Waals surface area contributed by atoms with Crippen LogP contribution in [-0.2, 0) is 0 Å². The largest absolute Gasteiger partial charge is 0.360 e. The zero-order chi connectivity index (χ0) is 7.56. The van der Waals surface area contributed by atoms with Gasteiger partial charge in [0.1, 0.15) is 7.35 Å². The van der Waals surface area contributed by atoms with Crippen molar-refractivity contribution in [3.05, 3.63) is 23.0 Å². The fourth-order valence-corrected chi connectivity index (χ4v) is 1.92. The Morgan fingerprint density at radius 2 is 2.20 bits per heavy atom. The normalized spacial score (nSPS) is 21.5. The summed E-state index contributed by atoms with van der Waals surface area (Å²) in [7, 11) is -1.13. The van der Waals surface area contributed by atoms with E-state index in [1.54, 1.807) is 0 Å². The molecule has 0 aromatic heterocycles. The first-order valence-electron chi connectivity index (χ1n) is 3.24. The Morgan fingerprint density at radius 1 is 1.50 bits per heavy atom. The molecule has 1 atom stereocenters. The summed E-state index contributed by atoms with van der Waals surface area (Å²) in [6, 6.07) is 0. The highest BCUT2D eigenvalue weighted by molar-refractivity contribution is 8.44. The fourth-order valence-electron chi connectivity index (χ4n) is 0.897. The van der Waals surface area contributed by atoms with Crippen LogP contribution in [0.5, 0.6) is 0 Å². The lowest BCUT2D eigenvalue weighted by Crippen LogP contribution is -1.87. The highest BCUT2D eigenvalue weighted by atomic mass is 32.7. The van der Waals surface area contributed by atoms with Gasteiger partial charge in [-0.15, -0.1) is 12.2 Å². The average Bonchev–Trinajstić information content (AvgIpc) is 1.88. The van der Waals surface area contributed by atoms with Crippen LogP contribution >= 0.6 is 19.6 Å². The minimum Gasteiger partial charge on any atom is -0.360 e. The van der Waals surface area contributed by atoms with Gasteiger partial charge in [0.25, 0.3) is 0 Å². The van der Waals surface area contributed by atoms with E-state index >= 15 is 0 Å². The molecule has 0 aromatic rings. The summed E-state index contributed by atoms with van der Waals surface area (Å²) in [6.07, 6.45) is 6.10. The standard InChI is InChI=1S/C7H11OPS/c1-6-2-4-7(5-3-6)9(8)10/h2,4,8,10H,3,5H2,1H3. The zero-order valence-electron chi connectivity index (χ0n) is 5.91. The summed E-state index contributed by atoms with van der Waals surface area (Å²) in [5, 5.41) is 1.09. The molecule has 0 aliphatic heterocycles. The smallest absolute Gasteiger partial charge is 0.110 e. The van der Waals surface area contributed by atoms with Crippen molar-refractivity contribution in [2.24, 2.45) is 0 Å². The van der Waals surface area contributed by atoms with Crippen molar-refractivity contribution in [3.63, 3.8) is 0 Å². The summed E-state index contributed by atoms with van der Waals surface area (Å²) in [4.78, 5) is 9.09. The summed E-state index contributed by atoms with van der Waals surface area (Å²) < 4.78 is 0. The van der Waals surface area contributed by atoms with Crippen LogP contribution in [0.1, 0.15) is 19.8 Å². The molecule has 56 valence electrons. The van der Waals surface area contributed by atoms with Crippen LogP contribution in [0.15, 0.2) is 23.0 Å². The number of hydrogen-bond acceptors (Lipinski definition) is 2. The van der Waals surface area contributed by atoms with Gasteiger partial charge in [0.15, 0.2) is 0 Å². The van der Waals surface area contributed by atoms with Gasteiger partial charge in [-0.25, -0.2) is 0 Å². The second-order valence-corrected chi connectivity index (χ2v) is 4.75. The van der Waals surface area contributed by atoms with Crippen molar-refractivity contribution in [3.8, 4) is 0 Å². The average molecular weight is 174 g/mol. The van der Waals surface area contributed by atoms with Crippen LogP contribution in [0, 0.1) is 0 Å². The second-order valence-electron chi connectivity index (χ2n) is 2.46. The first-order valence-corrected chi connectivity index (χ1v) is 5.69. The maximum Gasteiger partial charge on any atom is 0.110 e. The van der Waals surface area contributed by atoms with Crippen LogP contribution in [0.2, 0.25) is 0 Å². The molecular weight excluding hydrogens is 163 g/mol. The van der Waals surface area contributed by atoms with Gasteiger partial charge in [-0.1, -0.05) is 17.7 Å². The zero-order valence-corrected chi connectivity index (χ0v) is 7.70. The van der Waals surface area contributed by atoms with Crippen molar-refractivity contribution in [2.45, 2.75) is 19.8 Å². The van der Waals surface area contributed by atoms with Crippen LogP contribution in [0.4, 0.5) is 0 Å². The number of allylic oxidation sites excluding steroid dienone is 4. The van der Waals surface area contributed by atoms with Gasteiger partial charge in [0.2, 0.25) is 0 Å². The van der Waals surface area contributed by atoms with Crippen molar-refractivity contribution in [2.75, 3.05) is 0 Å². The highest BCUT2D eigenvalue weighted by Crippen LogP contribution is 2.48. The molecule has 0 saturated carbocycles. The predicted octanol–water partition coefficient (Wildman–Crippen LogP) is 2.84. The first kappa shape index (κ1) is 8.32. The van der Waals surface area contributed by atoms with Gasteiger partial charge in [-0.05, 0) is 25.1 Å². The molecule has 1 rings (SSSR count). The van der Waals surface area contributed by atoms with E-state index in [1.165, 1.54) is 5.57 Å². The van der Waals surface area contributed by atoms with Gasteiger partial charge in [-0.2, -0.15) is 0 Å². The van der Waals surface area contributed by atoms with Crippen molar-refractivity contribution in [1.29, 1.82) is 0 Å². The van der Waals surface area contributed by atoms with Crippen molar-refractivity contribution in [1.82, 2.24) is 0 Å². The lowest BCUT2D eigenvalue weighted by atomic mass is 10.1. The summed E-state index contributed by atoms with van der Waals surface area (Å²) in [5.74, 6) is 0. The Hall–Kier alpha value is 0.220. The molecule has 3 heteroatoms. The molecule has 0 aromatic carbocycles. The molecule has 0 heterocycles. The van der Waals surface area contributed by atoms with Crippen LogP contribution in [0.3, 0.4) is 0 Å². The number of hydrogen-bond donors (Lipinski definition) is 2. The summed E-state index contributed by atoms with van der Waals surface area (Å²) in [6.45, 7) is 2.10. The lowest BCUT2D eigenvalue weighted by molar-refractivity contribution is 0.644. The Kier molecular flexibility index (Phi) is 2.96. The van der Waals surface area contributed by atoms with Gasteiger partial charge < -0.3 is 4.89 Å². The maximum atomic E-state index is 9.09. The number of thiol groups is 1. The Morgan fingerprint density at radius 3 is 2.60 bits per heavy atom. The SMILES string of the molecule is CC1=CC=C(P(O)S)CC1. The molecule has 1 nitrogen and oxygen atoms in total. The van der Waals surface area contributed by atoms with Crippen LogP contribution in [-0.4, -0.2) is 4.89 Å². The van der Waals surface area contributed by atoms with Gasteiger partial charge in [0, 0.05) is 0 Å². The van der Waals surface area contributed by atoms with E-state index in [4.69, 9.17) is 4.89 Å². The molecular formula is C7H11OPS. The minimum atomic E-state index is -1.13. The van der Waals surface area contributed by atoms with E-state index < -0.39 is 7.35 Å².